The van der Waals surface area contributed by atoms with Crippen LogP contribution in [0.3, 0.4) is 0 Å². The lowest BCUT2D eigenvalue weighted by Gasteiger charge is -2.34. The zero-order valence-electron chi connectivity index (χ0n) is 20.8. The Balaban J connectivity index is 1.22. The number of allylic oxidation sites excluding steroid dienone is 2. The molecule has 1 aliphatic carbocycles. The summed E-state index contributed by atoms with van der Waals surface area (Å²) in [5.41, 5.74) is 2.28. The Morgan fingerprint density at radius 2 is 1.86 bits per heavy atom. The van der Waals surface area contributed by atoms with Crippen molar-refractivity contribution in [3.05, 3.63) is 65.0 Å². The van der Waals surface area contributed by atoms with E-state index in [2.05, 4.69) is 55.7 Å². The maximum Gasteiger partial charge on any atom is 0.255 e. The van der Waals surface area contributed by atoms with Gasteiger partial charge in [0.2, 0.25) is 5.95 Å². The number of aromatic nitrogens is 2. The van der Waals surface area contributed by atoms with Crippen LogP contribution in [0.4, 0.5) is 17.5 Å². The van der Waals surface area contributed by atoms with E-state index < -0.39 is 0 Å². The molecule has 5 rings (SSSR count). The summed E-state index contributed by atoms with van der Waals surface area (Å²) in [7, 11) is 2.19. The Morgan fingerprint density at radius 3 is 2.61 bits per heavy atom. The van der Waals surface area contributed by atoms with Crippen LogP contribution in [0.1, 0.15) is 29.6 Å². The molecule has 0 radical (unpaired) electrons. The molecule has 2 aromatic rings. The number of likely N-dealkylation sites (N-methyl/N-ethyl adjacent to an activating group) is 1. The first-order chi connectivity index (χ1) is 17.5. The van der Waals surface area contributed by atoms with Crippen LogP contribution in [0.15, 0.2) is 54.4 Å². The van der Waals surface area contributed by atoms with Crippen LogP contribution in [0.5, 0.6) is 0 Å². The molecule has 0 spiro atoms. The molecule has 8 nitrogen and oxygen atoms in total. The van der Waals surface area contributed by atoms with Crippen molar-refractivity contribution in [3.63, 3.8) is 0 Å². The zero-order valence-corrected chi connectivity index (χ0v) is 21.5. The largest absolute Gasteiger partial charge is 0.339 e. The van der Waals surface area contributed by atoms with E-state index in [0.717, 1.165) is 70.8 Å². The summed E-state index contributed by atoms with van der Waals surface area (Å²) in [6.07, 6.45) is 11.2. The van der Waals surface area contributed by atoms with Gasteiger partial charge in [-0.25, -0.2) is 4.98 Å². The highest BCUT2D eigenvalue weighted by atomic mass is 35.5. The molecule has 2 saturated heterocycles. The lowest BCUT2D eigenvalue weighted by Crippen LogP contribution is -2.46. The molecule has 2 aliphatic heterocycles. The summed E-state index contributed by atoms with van der Waals surface area (Å²) in [4.78, 5) is 28.8. The second kappa shape index (κ2) is 11.4. The third-order valence-corrected chi connectivity index (χ3v) is 7.36. The number of halogens is 1. The van der Waals surface area contributed by atoms with E-state index in [0.29, 0.717) is 34.0 Å². The number of nitrogens with zero attached hydrogens (tertiary/aromatic N) is 5. The summed E-state index contributed by atoms with van der Waals surface area (Å²) < 4.78 is 0. The Morgan fingerprint density at radius 1 is 1.08 bits per heavy atom. The number of nitrogens with one attached hydrogen (secondary N) is 2. The summed E-state index contributed by atoms with van der Waals surface area (Å²) in [6.45, 7) is 7.24. The van der Waals surface area contributed by atoms with Crippen LogP contribution >= 0.6 is 11.6 Å². The number of anilines is 3. The third-order valence-electron chi connectivity index (χ3n) is 7.08. The van der Waals surface area contributed by atoms with Crippen LogP contribution in [0.25, 0.3) is 0 Å². The summed E-state index contributed by atoms with van der Waals surface area (Å²) >= 11 is 6.42. The van der Waals surface area contributed by atoms with Crippen molar-refractivity contribution in [3.8, 4) is 0 Å². The van der Waals surface area contributed by atoms with Gasteiger partial charge >= 0.3 is 0 Å². The first-order valence-corrected chi connectivity index (χ1v) is 13.2. The van der Waals surface area contributed by atoms with E-state index in [1.165, 1.54) is 0 Å². The third kappa shape index (κ3) is 6.06. The highest BCUT2D eigenvalue weighted by molar-refractivity contribution is 6.33. The van der Waals surface area contributed by atoms with Crippen molar-refractivity contribution in [2.75, 3.05) is 63.5 Å². The van der Waals surface area contributed by atoms with Gasteiger partial charge in [0.1, 0.15) is 5.02 Å². The molecule has 1 aromatic carbocycles. The average Bonchev–Trinajstić information content (AvgIpc) is 3.44. The van der Waals surface area contributed by atoms with Gasteiger partial charge in [-0.2, -0.15) is 4.98 Å². The zero-order chi connectivity index (χ0) is 24.9. The van der Waals surface area contributed by atoms with Gasteiger partial charge in [-0.15, -0.1) is 0 Å². The van der Waals surface area contributed by atoms with Gasteiger partial charge in [-0.05, 0) is 50.4 Å². The quantitative estimate of drug-likeness (QED) is 0.580. The van der Waals surface area contributed by atoms with Crippen LogP contribution in [-0.2, 0) is 0 Å². The summed E-state index contributed by atoms with van der Waals surface area (Å²) in [6, 6.07) is 7.49. The SMILES string of the molecule is CN1CCN(CC2C=CC(Nc3ncc(Cl)c(Nc4ccccc4C(=O)N4CCCC4)n3)=CC2)CC1. The lowest BCUT2D eigenvalue weighted by atomic mass is 9.98. The van der Waals surface area contributed by atoms with Gasteiger partial charge in [0.05, 0.1) is 17.4 Å². The van der Waals surface area contributed by atoms with Crippen molar-refractivity contribution in [2.24, 2.45) is 5.92 Å². The predicted octanol–water partition coefficient (Wildman–Crippen LogP) is 4.23. The Kier molecular flexibility index (Phi) is 7.84. The van der Waals surface area contributed by atoms with Crippen LogP contribution in [0.2, 0.25) is 5.02 Å². The first-order valence-electron chi connectivity index (χ1n) is 12.8. The maximum atomic E-state index is 13.0. The second-order valence-electron chi connectivity index (χ2n) is 9.80. The fraction of sp³-hybridized carbons (Fsp3) is 0.444. The molecule has 1 atom stereocenters. The molecule has 0 bridgehead atoms. The molecule has 1 unspecified atom stereocenters. The van der Waals surface area contributed by atoms with Crippen LogP contribution < -0.4 is 10.6 Å². The molecule has 2 fully saturated rings. The second-order valence-corrected chi connectivity index (χ2v) is 10.2. The van der Waals surface area contributed by atoms with Gasteiger partial charge in [-0.3, -0.25) is 4.79 Å². The highest BCUT2D eigenvalue weighted by Gasteiger charge is 2.22. The molecule has 190 valence electrons. The first kappa shape index (κ1) is 24.7. The number of piperazine rings is 1. The number of amides is 1. The summed E-state index contributed by atoms with van der Waals surface area (Å²) in [5, 5.41) is 6.96. The molecule has 3 heterocycles. The van der Waals surface area contributed by atoms with E-state index in [-0.39, 0.29) is 5.91 Å². The van der Waals surface area contributed by atoms with Gasteiger partial charge in [-0.1, -0.05) is 35.9 Å². The smallest absolute Gasteiger partial charge is 0.255 e. The molecule has 0 saturated carbocycles. The number of benzene rings is 1. The number of hydrogen-bond acceptors (Lipinski definition) is 7. The van der Waals surface area contributed by atoms with Crippen molar-refractivity contribution in [2.45, 2.75) is 19.3 Å². The molecule has 1 amide bonds. The number of carbonyl (C=O) groups excluding carboxylic acids is 1. The molecule has 1 aromatic heterocycles. The van der Waals surface area contributed by atoms with Crippen molar-refractivity contribution in [1.29, 1.82) is 0 Å². The van der Waals surface area contributed by atoms with E-state index >= 15 is 0 Å². The molecular formula is C27H34ClN7O. The lowest BCUT2D eigenvalue weighted by molar-refractivity contribution is 0.0794. The molecular weight excluding hydrogens is 474 g/mol. The predicted molar refractivity (Wildman–Crippen MR) is 145 cm³/mol. The number of rotatable bonds is 7. The van der Waals surface area contributed by atoms with E-state index in [1.54, 1.807) is 6.20 Å². The maximum absolute atomic E-state index is 13.0. The highest BCUT2D eigenvalue weighted by Crippen LogP contribution is 2.28. The van der Waals surface area contributed by atoms with Crippen molar-refractivity contribution < 1.29 is 4.79 Å². The standard InChI is InChI=1S/C27H34ClN7O/c1-33-14-16-34(17-15-33)19-20-8-10-21(11-9-20)30-27-29-18-23(28)25(32-27)31-24-7-3-2-6-22(24)26(36)35-12-4-5-13-35/h2-3,6-8,10-11,18,20H,4-5,9,12-17,19H2,1H3,(H2,29,30,31,32). The monoisotopic (exact) mass is 507 g/mol. The average molecular weight is 508 g/mol. The van der Waals surface area contributed by atoms with Gasteiger partial charge in [0.15, 0.2) is 5.82 Å². The van der Waals surface area contributed by atoms with E-state index in [1.807, 2.05) is 29.2 Å². The number of carbonyl (C=O) groups is 1. The number of hydrogen-bond donors (Lipinski definition) is 2. The van der Waals surface area contributed by atoms with E-state index in [9.17, 15) is 4.79 Å². The van der Waals surface area contributed by atoms with Gasteiger partial charge in [0, 0.05) is 51.5 Å². The summed E-state index contributed by atoms with van der Waals surface area (Å²) in [5.74, 6) is 1.47. The Hall–Kier alpha value is -2.94. The molecule has 36 heavy (non-hydrogen) atoms. The van der Waals surface area contributed by atoms with Crippen LogP contribution in [-0.4, -0.2) is 83.4 Å². The minimum absolute atomic E-state index is 0.0303. The van der Waals surface area contributed by atoms with Crippen LogP contribution in [0, 0.1) is 5.92 Å². The number of para-hydroxylation sites is 1. The van der Waals surface area contributed by atoms with Gasteiger partial charge in [0.25, 0.3) is 5.91 Å². The Bertz CT molecular complexity index is 1140. The minimum Gasteiger partial charge on any atom is -0.339 e. The number of likely N-dealkylation sites (tertiary alicyclic amines) is 1. The van der Waals surface area contributed by atoms with Crippen molar-refractivity contribution >= 4 is 35.0 Å². The normalized spacial score (nSPS) is 20.9. The van der Waals surface area contributed by atoms with Gasteiger partial charge < -0.3 is 25.3 Å². The molecule has 3 aliphatic rings. The minimum atomic E-state index is 0.0303. The fourth-order valence-electron chi connectivity index (χ4n) is 4.90. The molecule has 2 N–H and O–H groups in total. The topological polar surface area (TPSA) is 76.6 Å². The Labute approximate surface area is 218 Å². The fourth-order valence-corrected chi connectivity index (χ4v) is 5.03. The van der Waals surface area contributed by atoms with E-state index in [4.69, 9.17) is 11.6 Å². The van der Waals surface area contributed by atoms with Crippen molar-refractivity contribution in [1.82, 2.24) is 24.7 Å². The molecule has 9 heteroatoms.